The molecule has 14 heteroatoms. The zero-order chi connectivity index (χ0) is 20.7. The molecule has 0 saturated heterocycles. The first kappa shape index (κ1) is 20.5. The molecule has 1 aromatic rings. The van der Waals surface area contributed by atoms with E-state index in [0.29, 0.717) is 19.4 Å². The number of hydrazone groups is 1. The average Bonchev–Trinajstić information content (AvgIpc) is 3.35. The predicted molar refractivity (Wildman–Crippen MR) is 91.9 cm³/mol. The van der Waals surface area contributed by atoms with E-state index in [1.807, 2.05) is 0 Å². The molecular formula is C14H15ClF3N5O4S. The molecule has 1 fully saturated rings. The van der Waals surface area contributed by atoms with Crippen molar-refractivity contribution in [2.24, 2.45) is 5.10 Å². The molecule has 0 aromatic heterocycles. The summed E-state index contributed by atoms with van der Waals surface area (Å²) in [6, 6.07) is 1.71. The van der Waals surface area contributed by atoms with Gasteiger partial charge in [0.2, 0.25) is 5.96 Å². The van der Waals surface area contributed by atoms with Gasteiger partial charge >= 0.3 is 6.36 Å². The van der Waals surface area contributed by atoms with Crippen LogP contribution in [-0.2, 0) is 9.84 Å². The summed E-state index contributed by atoms with van der Waals surface area (Å²) in [6.07, 6.45) is -4.54. The Morgan fingerprint density at radius 1 is 1.43 bits per heavy atom. The fourth-order valence-corrected chi connectivity index (χ4v) is 4.88. The second kappa shape index (κ2) is 7.29. The van der Waals surface area contributed by atoms with Crippen LogP contribution in [0.25, 0.3) is 0 Å². The molecule has 0 bridgehead atoms. The van der Waals surface area contributed by atoms with Crippen LogP contribution in [0.1, 0.15) is 30.1 Å². The third-order valence-electron chi connectivity index (χ3n) is 3.92. The number of halogens is 4. The van der Waals surface area contributed by atoms with Crippen molar-refractivity contribution < 1.29 is 31.1 Å². The topological polar surface area (TPSA) is 112 Å². The molecule has 0 radical (unpaired) electrons. The second-order valence-corrected chi connectivity index (χ2v) is 8.45. The SMILES string of the molecule is CCN1NNN=C1NC(=O)c1ccc(OC(F)(F)F)c(S(=O)(=O)C2CC2)c1Cl. The first-order valence-corrected chi connectivity index (χ1v) is 9.96. The molecule has 0 unspecified atom stereocenters. The van der Waals surface area contributed by atoms with Gasteiger partial charge in [0.1, 0.15) is 10.6 Å². The largest absolute Gasteiger partial charge is 0.573 e. The summed E-state index contributed by atoms with van der Waals surface area (Å²) in [5.41, 5.74) is 4.69. The number of guanidine groups is 1. The minimum Gasteiger partial charge on any atom is -0.404 e. The second-order valence-electron chi connectivity index (χ2n) is 5.90. The minimum atomic E-state index is -5.13. The Labute approximate surface area is 162 Å². The van der Waals surface area contributed by atoms with Crippen LogP contribution in [0, 0.1) is 0 Å². The molecule has 1 aliphatic heterocycles. The van der Waals surface area contributed by atoms with Gasteiger partial charge in [-0.15, -0.1) is 23.8 Å². The van der Waals surface area contributed by atoms with Crippen molar-refractivity contribution in [3.05, 3.63) is 22.7 Å². The summed E-state index contributed by atoms with van der Waals surface area (Å²) in [4.78, 5) is 11.7. The van der Waals surface area contributed by atoms with Crippen LogP contribution in [0.4, 0.5) is 13.2 Å². The van der Waals surface area contributed by atoms with E-state index in [0.717, 1.165) is 12.1 Å². The number of hydrazine groups is 2. The molecule has 9 nitrogen and oxygen atoms in total. The van der Waals surface area contributed by atoms with Gasteiger partial charge in [0.15, 0.2) is 9.84 Å². The van der Waals surface area contributed by atoms with Gasteiger partial charge in [-0.1, -0.05) is 11.6 Å². The number of nitrogens with one attached hydrogen (secondary N) is 3. The molecule has 0 atom stereocenters. The van der Waals surface area contributed by atoms with E-state index in [9.17, 15) is 26.4 Å². The van der Waals surface area contributed by atoms with Crippen LogP contribution in [-0.4, -0.2) is 43.5 Å². The van der Waals surface area contributed by atoms with Gasteiger partial charge in [-0.3, -0.25) is 15.1 Å². The van der Waals surface area contributed by atoms with Crippen LogP contribution in [0.5, 0.6) is 5.75 Å². The van der Waals surface area contributed by atoms with Crippen molar-refractivity contribution in [1.29, 1.82) is 0 Å². The monoisotopic (exact) mass is 441 g/mol. The summed E-state index contributed by atoms with van der Waals surface area (Å²) in [5, 5.41) is 6.09. The van der Waals surface area contributed by atoms with Gasteiger partial charge in [-0.05, 0) is 31.9 Å². The van der Waals surface area contributed by atoms with Gasteiger partial charge in [0.25, 0.3) is 5.91 Å². The Morgan fingerprint density at radius 3 is 2.68 bits per heavy atom. The van der Waals surface area contributed by atoms with Gasteiger partial charge in [0.05, 0.1) is 15.8 Å². The van der Waals surface area contributed by atoms with Crippen molar-refractivity contribution in [2.45, 2.75) is 36.3 Å². The Balaban J connectivity index is 2.00. The number of benzene rings is 1. The van der Waals surface area contributed by atoms with Crippen LogP contribution >= 0.6 is 11.6 Å². The number of nitrogens with zero attached hydrogens (tertiary/aromatic N) is 2. The lowest BCUT2D eigenvalue weighted by molar-refractivity contribution is -0.275. The fraction of sp³-hybridized carbons (Fsp3) is 0.429. The van der Waals surface area contributed by atoms with E-state index in [1.54, 1.807) is 6.92 Å². The van der Waals surface area contributed by atoms with E-state index >= 15 is 0 Å². The fourth-order valence-electron chi connectivity index (χ4n) is 2.47. The summed E-state index contributed by atoms with van der Waals surface area (Å²) in [7, 11) is -4.20. The molecule has 3 rings (SSSR count). The lowest BCUT2D eigenvalue weighted by Crippen LogP contribution is -2.47. The first-order chi connectivity index (χ1) is 13.0. The number of amides is 1. The highest BCUT2D eigenvalue weighted by atomic mass is 35.5. The van der Waals surface area contributed by atoms with Crippen molar-refractivity contribution in [1.82, 2.24) is 21.4 Å². The Hall–Kier alpha value is -2.25. The first-order valence-electron chi connectivity index (χ1n) is 8.04. The van der Waals surface area contributed by atoms with Crippen LogP contribution in [0.3, 0.4) is 0 Å². The number of rotatable bonds is 5. The zero-order valence-corrected chi connectivity index (χ0v) is 15.9. The summed E-state index contributed by atoms with van der Waals surface area (Å²) in [6.45, 7) is 2.18. The highest BCUT2D eigenvalue weighted by Gasteiger charge is 2.43. The maximum Gasteiger partial charge on any atom is 0.573 e. The van der Waals surface area contributed by atoms with E-state index < -0.39 is 43.0 Å². The normalized spacial score (nSPS) is 17.2. The Kier molecular flexibility index (Phi) is 5.34. The highest BCUT2D eigenvalue weighted by molar-refractivity contribution is 7.92. The van der Waals surface area contributed by atoms with Crippen LogP contribution < -0.4 is 21.1 Å². The van der Waals surface area contributed by atoms with Gasteiger partial charge < -0.3 is 4.74 Å². The molecule has 3 N–H and O–H groups in total. The summed E-state index contributed by atoms with van der Waals surface area (Å²) >= 11 is 6.08. The summed E-state index contributed by atoms with van der Waals surface area (Å²) < 4.78 is 67.2. The van der Waals surface area contributed by atoms with Gasteiger partial charge in [-0.25, -0.2) is 14.0 Å². The van der Waals surface area contributed by atoms with Gasteiger partial charge in [-0.2, -0.15) is 0 Å². The minimum absolute atomic E-state index is 0.0748. The lowest BCUT2D eigenvalue weighted by Gasteiger charge is -2.18. The molecule has 1 aliphatic carbocycles. The quantitative estimate of drug-likeness (QED) is 0.635. The number of hydrogen-bond acceptors (Lipinski definition) is 8. The number of carbonyl (C=O) groups excluding carboxylic acids is 1. The zero-order valence-electron chi connectivity index (χ0n) is 14.3. The molecule has 1 saturated carbocycles. The van der Waals surface area contributed by atoms with Crippen LogP contribution in [0.2, 0.25) is 5.02 Å². The number of carbonyl (C=O) groups is 1. The smallest absolute Gasteiger partial charge is 0.404 e. The molecule has 1 amide bonds. The van der Waals surface area contributed by atoms with Crippen molar-refractivity contribution in [2.75, 3.05) is 6.54 Å². The number of ether oxygens (including phenoxy) is 1. The van der Waals surface area contributed by atoms with E-state index in [2.05, 4.69) is 26.2 Å². The van der Waals surface area contributed by atoms with Crippen molar-refractivity contribution >= 4 is 33.3 Å². The maximum absolute atomic E-state index is 12.7. The predicted octanol–water partition coefficient (Wildman–Crippen LogP) is 1.52. The molecule has 1 heterocycles. The van der Waals surface area contributed by atoms with Crippen molar-refractivity contribution in [3.63, 3.8) is 0 Å². The number of hydrogen-bond donors (Lipinski definition) is 3. The highest BCUT2D eigenvalue weighted by Crippen LogP contribution is 2.43. The molecule has 0 spiro atoms. The summed E-state index contributed by atoms with van der Waals surface area (Å²) in [5.74, 6) is -1.75. The standard InChI is InChI=1S/C14H15ClF3N5O4S/c1-2-23-13(20-21-22-23)19-12(24)8-5-6-9(27-14(16,17)18)11(10(8)15)28(25,26)7-3-4-7/h5-7,21-22H,2-4H2,1H3,(H,19,20,24). The van der Waals surface area contributed by atoms with E-state index in [1.165, 1.54) is 5.01 Å². The maximum atomic E-state index is 12.7. The van der Waals surface area contributed by atoms with Crippen molar-refractivity contribution in [3.8, 4) is 5.75 Å². The van der Waals surface area contributed by atoms with Crippen LogP contribution in [0.15, 0.2) is 22.1 Å². The third kappa shape index (κ3) is 4.10. The van der Waals surface area contributed by atoms with E-state index in [4.69, 9.17) is 11.6 Å². The molecular weight excluding hydrogens is 427 g/mol. The molecule has 28 heavy (non-hydrogen) atoms. The van der Waals surface area contributed by atoms with E-state index in [-0.39, 0.29) is 11.5 Å². The number of sulfone groups is 1. The Morgan fingerprint density at radius 2 is 2.11 bits per heavy atom. The van der Waals surface area contributed by atoms with Gasteiger partial charge in [0, 0.05) is 6.54 Å². The average molecular weight is 442 g/mol. The lowest BCUT2D eigenvalue weighted by atomic mass is 10.2. The molecule has 1 aromatic carbocycles. The molecule has 2 aliphatic rings. The third-order valence-corrected chi connectivity index (χ3v) is 6.75. The molecule has 154 valence electrons. The Bertz CT molecular complexity index is 934. The number of alkyl halides is 3.